The van der Waals surface area contributed by atoms with Crippen molar-refractivity contribution < 1.29 is 19.6 Å². The van der Waals surface area contributed by atoms with Crippen LogP contribution in [0.1, 0.15) is 60.6 Å². The van der Waals surface area contributed by atoms with Crippen LogP contribution in [0.3, 0.4) is 0 Å². The van der Waals surface area contributed by atoms with Gasteiger partial charge in [0.15, 0.2) is 0 Å². The van der Waals surface area contributed by atoms with Gasteiger partial charge in [0.2, 0.25) is 12.3 Å². The van der Waals surface area contributed by atoms with E-state index < -0.39 is 11.8 Å². The molecule has 1 aliphatic rings. The molecule has 1 aromatic rings. The van der Waals surface area contributed by atoms with E-state index in [9.17, 15) is 19.6 Å². The number of unbranched alkanes of at least 4 members (excludes halogenated alkanes) is 1. The molecule has 2 atom stereocenters. The average molecular weight is 368 g/mol. The lowest BCUT2D eigenvalue weighted by Crippen LogP contribution is -2.40. The molecule has 1 aromatic heterocycles. The number of hydrogen-bond acceptors (Lipinski definition) is 6. The van der Waals surface area contributed by atoms with E-state index in [-0.39, 0.29) is 24.2 Å². The van der Waals surface area contributed by atoms with Crippen molar-refractivity contribution in [1.29, 1.82) is 0 Å². The minimum Gasteiger partial charge on any atom is -0.364 e. The van der Waals surface area contributed by atoms with E-state index in [1.54, 1.807) is 10.3 Å². The number of likely N-dealkylation sites (tertiary alicyclic amines) is 1. The molecule has 1 aliphatic heterocycles. The fourth-order valence-electron chi connectivity index (χ4n) is 3.09. The van der Waals surface area contributed by atoms with Crippen LogP contribution in [0.2, 0.25) is 0 Å². The fourth-order valence-corrected chi connectivity index (χ4v) is 4.04. The van der Waals surface area contributed by atoms with Gasteiger partial charge in [-0.2, -0.15) is 0 Å². The zero-order valence-electron chi connectivity index (χ0n) is 14.3. The second kappa shape index (κ2) is 8.91. The highest BCUT2D eigenvalue weighted by molar-refractivity contribution is 7.09. The van der Waals surface area contributed by atoms with Gasteiger partial charge in [-0.25, -0.2) is 10.0 Å². The molecule has 1 fully saturated rings. The molecule has 0 aromatic carbocycles. The van der Waals surface area contributed by atoms with Gasteiger partial charge >= 0.3 is 0 Å². The Morgan fingerprint density at radius 3 is 2.96 bits per heavy atom. The van der Waals surface area contributed by atoms with Gasteiger partial charge in [-0.15, -0.1) is 11.3 Å². The molecular weight excluding hydrogens is 344 g/mol. The standard InChI is InChI=1S/C16H24N4O4S/c1-2-3-5-11(8-19(24)10-21)16(23)20-7-4-6-13(20)15-18-12(9-25-15)14(17)22/h9-11,13,24H,2-8H2,1H3,(H2,17,22)/t11?,13-/m0/s1. The Morgan fingerprint density at radius 2 is 2.36 bits per heavy atom. The van der Waals surface area contributed by atoms with Crippen molar-refractivity contribution in [2.24, 2.45) is 11.7 Å². The van der Waals surface area contributed by atoms with E-state index in [0.717, 1.165) is 25.7 Å². The van der Waals surface area contributed by atoms with Crippen molar-refractivity contribution >= 4 is 29.6 Å². The Balaban J connectivity index is 2.15. The van der Waals surface area contributed by atoms with Crippen LogP contribution in [0.4, 0.5) is 0 Å². The van der Waals surface area contributed by atoms with Gasteiger partial charge in [-0.05, 0) is 19.3 Å². The number of thiazole rings is 1. The topological polar surface area (TPSA) is 117 Å². The SMILES string of the molecule is CCCCC(CN(O)C=O)C(=O)N1CCC[C@H]1c1nc(C(N)=O)cs1. The zero-order valence-corrected chi connectivity index (χ0v) is 15.1. The fraction of sp³-hybridized carbons (Fsp3) is 0.625. The molecule has 0 spiro atoms. The predicted molar refractivity (Wildman–Crippen MR) is 91.9 cm³/mol. The number of rotatable bonds is 9. The molecule has 0 aliphatic carbocycles. The predicted octanol–water partition coefficient (Wildman–Crippen LogP) is 1.56. The maximum absolute atomic E-state index is 13.0. The second-order valence-electron chi connectivity index (χ2n) is 6.19. The molecule has 0 saturated carbocycles. The molecule has 1 saturated heterocycles. The number of carbonyl (C=O) groups excluding carboxylic acids is 3. The molecule has 2 heterocycles. The van der Waals surface area contributed by atoms with Gasteiger partial charge in [0.1, 0.15) is 10.7 Å². The largest absolute Gasteiger partial charge is 0.364 e. The van der Waals surface area contributed by atoms with E-state index in [1.165, 1.54) is 11.3 Å². The van der Waals surface area contributed by atoms with Gasteiger partial charge in [-0.1, -0.05) is 19.8 Å². The highest BCUT2D eigenvalue weighted by Gasteiger charge is 2.36. The van der Waals surface area contributed by atoms with E-state index in [0.29, 0.717) is 29.4 Å². The van der Waals surface area contributed by atoms with E-state index >= 15 is 0 Å². The van der Waals surface area contributed by atoms with Crippen LogP contribution >= 0.6 is 11.3 Å². The summed E-state index contributed by atoms with van der Waals surface area (Å²) in [5, 5.41) is 12.3. The summed E-state index contributed by atoms with van der Waals surface area (Å²) in [5.74, 6) is -1.12. The normalized spacial score (nSPS) is 18.2. The third-order valence-electron chi connectivity index (χ3n) is 4.38. The van der Waals surface area contributed by atoms with Crippen LogP contribution in [-0.4, -0.2) is 51.5 Å². The van der Waals surface area contributed by atoms with Gasteiger partial charge in [-0.3, -0.25) is 19.6 Å². The molecule has 9 heteroatoms. The molecular formula is C16H24N4O4S. The van der Waals surface area contributed by atoms with Crippen LogP contribution in [0.15, 0.2) is 5.38 Å². The van der Waals surface area contributed by atoms with Crippen LogP contribution in [0, 0.1) is 5.92 Å². The monoisotopic (exact) mass is 368 g/mol. The summed E-state index contributed by atoms with van der Waals surface area (Å²) >= 11 is 1.32. The summed E-state index contributed by atoms with van der Waals surface area (Å²) in [4.78, 5) is 40.9. The minimum absolute atomic E-state index is 0.0179. The summed E-state index contributed by atoms with van der Waals surface area (Å²) in [6.07, 6.45) is 4.30. The van der Waals surface area contributed by atoms with Crippen molar-refractivity contribution in [3.05, 3.63) is 16.1 Å². The zero-order chi connectivity index (χ0) is 18.4. The summed E-state index contributed by atoms with van der Waals surface area (Å²) in [6.45, 7) is 2.61. The van der Waals surface area contributed by atoms with Crippen molar-refractivity contribution in [2.45, 2.75) is 45.1 Å². The Labute approximate surface area is 150 Å². The number of amides is 3. The summed E-state index contributed by atoms with van der Waals surface area (Å²) in [5.41, 5.74) is 5.46. The van der Waals surface area contributed by atoms with Gasteiger partial charge in [0.25, 0.3) is 5.91 Å². The van der Waals surface area contributed by atoms with Crippen LogP contribution in [0.25, 0.3) is 0 Å². The molecule has 0 radical (unpaired) electrons. The number of hydrogen-bond donors (Lipinski definition) is 2. The van der Waals surface area contributed by atoms with Gasteiger partial charge in [0.05, 0.1) is 18.5 Å². The lowest BCUT2D eigenvalue weighted by atomic mass is 10.00. The van der Waals surface area contributed by atoms with Crippen LogP contribution in [0.5, 0.6) is 0 Å². The maximum Gasteiger partial charge on any atom is 0.268 e. The quantitative estimate of drug-likeness (QED) is 0.390. The Bertz CT molecular complexity index is 621. The van der Waals surface area contributed by atoms with E-state index in [1.807, 2.05) is 6.92 Å². The van der Waals surface area contributed by atoms with Crippen molar-refractivity contribution in [1.82, 2.24) is 14.9 Å². The first-order chi connectivity index (χ1) is 12.0. The van der Waals surface area contributed by atoms with Gasteiger partial charge < -0.3 is 10.6 Å². The number of nitrogens with two attached hydrogens (primary N) is 1. The maximum atomic E-state index is 13.0. The van der Waals surface area contributed by atoms with Crippen molar-refractivity contribution in [3.63, 3.8) is 0 Å². The van der Waals surface area contributed by atoms with E-state index in [4.69, 9.17) is 5.73 Å². The highest BCUT2D eigenvalue weighted by Crippen LogP contribution is 2.35. The van der Waals surface area contributed by atoms with Crippen LogP contribution in [-0.2, 0) is 9.59 Å². The van der Waals surface area contributed by atoms with Crippen LogP contribution < -0.4 is 5.73 Å². The van der Waals surface area contributed by atoms with Crippen molar-refractivity contribution in [2.75, 3.05) is 13.1 Å². The molecule has 2 rings (SSSR count). The third kappa shape index (κ3) is 4.76. The Morgan fingerprint density at radius 1 is 1.60 bits per heavy atom. The lowest BCUT2D eigenvalue weighted by molar-refractivity contribution is -0.157. The smallest absolute Gasteiger partial charge is 0.268 e. The third-order valence-corrected chi connectivity index (χ3v) is 5.33. The first-order valence-corrected chi connectivity index (χ1v) is 9.32. The second-order valence-corrected chi connectivity index (χ2v) is 7.08. The Kier molecular flexibility index (Phi) is 6.89. The Hall–Kier alpha value is -2.00. The molecule has 1 unspecified atom stereocenters. The molecule has 3 N–H and O–H groups in total. The number of nitrogens with zero attached hydrogens (tertiary/aromatic N) is 3. The summed E-state index contributed by atoms with van der Waals surface area (Å²) in [7, 11) is 0. The number of carbonyl (C=O) groups is 3. The average Bonchev–Trinajstić information content (AvgIpc) is 3.26. The van der Waals surface area contributed by atoms with E-state index in [2.05, 4.69) is 4.98 Å². The number of primary amides is 1. The summed E-state index contributed by atoms with van der Waals surface area (Å²) < 4.78 is 0. The minimum atomic E-state index is -0.582. The first-order valence-electron chi connectivity index (χ1n) is 8.44. The number of aromatic nitrogens is 1. The molecule has 138 valence electrons. The molecule has 0 bridgehead atoms. The highest BCUT2D eigenvalue weighted by atomic mass is 32.1. The van der Waals surface area contributed by atoms with Gasteiger partial charge in [0, 0.05) is 11.9 Å². The molecule has 8 nitrogen and oxygen atoms in total. The molecule has 3 amide bonds. The summed E-state index contributed by atoms with van der Waals surface area (Å²) in [6, 6.07) is -0.182. The number of hydroxylamine groups is 2. The first kappa shape index (κ1) is 19.3. The molecule has 25 heavy (non-hydrogen) atoms. The lowest BCUT2D eigenvalue weighted by Gasteiger charge is -2.28. The van der Waals surface area contributed by atoms with Crippen molar-refractivity contribution in [3.8, 4) is 0 Å².